The molecule has 140 valence electrons. The molecule has 0 spiro atoms. The number of hydrogen-bond donors (Lipinski definition) is 1. The van der Waals surface area contributed by atoms with E-state index < -0.39 is 15.8 Å². The van der Waals surface area contributed by atoms with Gasteiger partial charge in [0.1, 0.15) is 12.1 Å². The molecule has 0 radical (unpaired) electrons. The average Bonchev–Trinajstić information content (AvgIpc) is 2.60. The van der Waals surface area contributed by atoms with Gasteiger partial charge in [0.15, 0.2) is 0 Å². The summed E-state index contributed by atoms with van der Waals surface area (Å²) in [5.41, 5.74) is -0.827. The molecule has 10 heteroatoms. The van der Waals surface area contributed by atoms with Crippen LogP contribution in [0.4, 0.5) is 5.82 Å². The Labute approximate surface area is 148 Å². The Morgan fingerprint density at radius 3 is 2.68 bits per heavy atom. The summed E-state index contributed by atoms with van der Waals surface area (Å²) in [4.78, 5) is 10.3. The second kappa shape index (κ2) is 6.67. The molecule has 0 aromatic carbocycles. The lowest BCUT2D eigenvalue weighted by molar-refractivity contribution is -0.0695. The number of ether oxygens (including phenoxy) is 1. The van der Waals surface area contributed by atoms with Crippen LogP contribution in [0.3, 0.4) is 0 Å². The Hall–Kier alpha value is -1.49. The summed E-state index contributed by atoms with van der Waals surface area (Å²) in [6.07, 6.45) is 2.48. The van der Waals surface area contributed by atoms with E-state index in [-0.39, 0.29) is 5.92 Å². The molecule has 2 aliphatic rings. The summed E-state index contributed by atoms with van der Waals surface area (Å²) >= 11 is 0. The van der Waals surface area contributed by atoms with Gasteiger partial charge in [0.25, 0.3) is 10.2 Å². The van der Waals surface area contributed by atoms with Gasteiger partial charge < -0.3 is 14.7 Å². The van der Waals surface area contributed by atoms with Crippen LogP contribution in [0.25, 0.3) is 0 Å². The molecule has 1 aromatic rings. The number of aromatic nitrogens is 2. The molecular formula is C15H25N5O4S. The van der Waals surface area contributed by atoms with Crippen LogP contribution in [0.15, 0.2) is 12.4 Å². The van der Waals surface area contributed by atoms with E-state index in [2.05, 4.69) is 14.9 Å². The fourth-order valence-electron chi connectivity index (χ4n) is 3.54. The summed E-state index contributed by atoms with van der Waals surface area (Å²) in [5.74, 6) is 1.03. The average molecular weight is 371 g/mol. The molecule has 0 amide bonds. The highest BCUT2D eigenvalue weighted by atomic mass is 32.2. The Morgan fingerprint density at radius 1 is 1.28 bits per heavy atom. The largest absolute Gasteiger partial charge is 0.481 e. The van der Waals surface area contributed by atoms with Crippen molar-refractivity contribution in [2.45, 2.75) is 18.4 Å². The van der Waals surface area contributed by atoms with E-state index in [0.29, 0.717) is 44.9 Å². The van der Waals surface area contributed by atoms with Crippen LogP contribution in [-0.2, 0) is 10.2 Å². The number of aliphatic hydroxyl groups is 1. The van der Waals surface area contributed by atoms with Gasteiger partial charge in [0.2, 0.25) is 5.88 Å². The number of rotatable bonds is 4. The molecule has 9 nitrogen and oxygen atoms in total. The van der Waals surface area contributed by atoms with Crippen molar-refractivity contribution in [2.24, 2.45) is 5.92 Å². The molecule has 0 bridgehead atoms. The maximum Gasteiger partial charge on any atom is 0.281 e. The minimum absolute atomic E-state index is 0.175. The molecule has 1 N–H and O–H groups in total. The van der Waals surface area contributed by atoms with Gasteiger partial charge in [-0.1, -0.05) is 0 Å². The van der Waals surface area contributed by atoms with Crippen molar-refractivity contribution in [2.75, 3.05) is 52.3 Å². The third-order valence-corrected chi connectivity index (χ3v) is 7.09. The molecule has 2 atom stereocenters. The Morgan fingerprint density at radius 2 is 2.00 bits per heavy atom. The molecule has 2 aliphatic heterocycles. The van der Waals surface area contributed by atoms with Crippen LogP contribution in [-0.4, -0.2) is 85.1 Å². The van der Waals surface area contributed by atoms with Crippen LogP contribution < -0.4 is 9.64 Å². The van der Waals surface area contributed by atoms with Crippen molar-refractivity contribution < 1.29 is 18.3 Å². The summed E-state index contributed by atoms with van der Waals surface area (Å²) in [6.45, 7) is 1.84. The smallest absolute Gasteiger partial charge is 0.281 e. The van der Waals surface area contributed by atoms with Crippen molar-refractivity contribution >= 4 is 16.0 Å². The quantitative estimate of drug-likeness (QED) is 0.766. The molecule has 2 fully saturated rings. The fraction of sp³-hybridized carbons (Fsp3) is 0.733. The molecular weight excluding hydrogens is 346 g/mol. The Balaban J connectivity index is 1.79. The van der Waals surface area contributed by atoms with E-state index in [1.54, 1.807) is 13.2 Å². The second-order valence-electron chi connectivity index (χ2n) is 6.81. The Kier molecular flexibility index (Phi) is 4.89. The summed E-state index contributed by atoms with van der Waals surface area (Å²) in [7, 11) is 1.12. The predicted molar refractivity (Wildman–Crippen MR) is 92.7 cm³/mol. The van der Waals surface area contributed by atoms with Crippen molar-refractivity contribution in [3.63, 3.8) is 0 Å². The van der Waals surface area contributed by atoms with Gasteiger partial charge >= 0.3 is 0 Å². The highest BCUT2D eigenvalue weighted by molar-refractivity contribution is 7.86. The summed E-state index contributed by atoms with van der Waals surface area (Å²) in [5, 5.41) is 11.0. The molecule has 3 rings (SSSR count). The first kappa shape index (κ1) is 18.3. The van der Waals surface area contributed by atoms with Crippen LogP contribution in [0, 0.1) is 5.92 Å². The minimum atomic E-state index is -3.48. The standard InChI is InChI=1S/C15H25N5O4S/c1-18(2)25(22,23)20-7-5-15(21)4-6-19(9-12(15)10-20)13-8-14(24-3)17-11-16-13/h8,11-12,21H,4-7,9-10H2,1-3H3/t12-,15-/m1/s1. The maximum absolute atomic E-state index is 12.4. The van der Waals surface area contributed by atoms with Gasteiger partial charge in [-0.05, 0) is 12.8 Å². The van der Waals surface area contributed by atoms with E-state index in [4.69, 9.17) is 4.74 Å². The number of fused-ring (bicyclic) bond motifs is 1. The van der Waals surface area contributed by atoms with Gasteiger partial charge in [-0.15, -0.1) is 0 Å². The van der Waals surface area contributed by atoms with Gasteiger partial charge in [0.05, 0.1) is 12.7 Å². The fourth-order valence-corrected chi connectivity index (χ4v) is 4.69. The number of piperidine rings is 2. The second-order valence-corrected chi connectivity index (χ2v) is 8.96. The summed E-state index contributed by atoms with van der Waals surface area (Å²) in [6, 6.07) is 1.75. The first-order valence-corrected chi connectivity index (χ1v) is 9.67. The zero-order valence-electron chi connectivity index (χ0n) is 14.8. The topological polar surface area (TPSA) is 99.1 Å². The summed E-state index contributed by atoms with van der Waals surface area (Å²) < 4.78 is 32.6. The van der Waals surface area contributed by atoms with E-state index in [0.717, 1.165) is 5.82 Å². The van der Waals surface area contributed by atoms with Gasteiger partial charge in [-0.2, -0.15) is 17.0 Å². The number of methoxy groups -OCH3 is 1. The van der Waals surface area contributed by atoms with Crippen LogP contribution in [0.2, 0.25) is 0 Å². The first-order valence-electron chi connectivity index (χ1n) is 8.27. The van der Waals surface area contributed by atoms with E-state index in [1.807, 2.05) is 0 Å². The molecule has 2 saturated heterocycles. The van der Waals surface area contributed by atoms with E-state index >= 15 is 0 Å². The maximum atomic E-state index is 12.4. The lowest BCUT2D eigenvalue weighted by Gasteiger charge is -2.50. The van der Waals surface area contributed by atoms with Gasteiger partial charge in [-0.3, -0.25) is 0 Å². The zero-order chi connectivity index (χ0) is 18.2. The lowest BCUT2D eigenvalue weighted by Crippen LogP contribution is -2.61. The molecule has 0 unspecified atom stereocenters. The van der Waals surface area contributed by atoms with Gasteiger partial charge in [-0.25, -0.2) is 9.97 Å². The number of anilines is 1. The molecule has 25 heavy (non-hydrogen) atoms. The van der Waals surface area contributed by atoms with E-state index in [9.17, 15) is 13.5 Å². The highest BCUT2D eigenvalue weighted by Crippen LogP contribution is 2.37. The van der Waals surface area contributed by atoms with Gasteiger partial charge in [0, 0.05) is 52.3 Å². The molecule has 3 heterocycles. The molecule has 0 aliphatic carbocycles. The SMILES string of the molecule is COc1cc(N2CC[C@@]3(O)CCN(S(=O)(=O)N(C)C)C[C@H]3C2)ncn1. The first-order chi connectivity index (χ1) is 11.8. The molecule has 1 aromatic heterocycles. The normalized spacial score (nSPS) is 28.0. The number of hydrogen-bond acceptors (Lipinski definition) is 7. The predicted octanol–water partition coefficient (Wildman–Crippen LogP) is -0.445. The van der Waals surface area contributed by atoms with Crippen LogP contribution in [0.5, 0.6) is 5.88 Å². The lowest BCUT2D eigenvalue weighted by atomic mass is 9.76. The van der Waals surface area contributed by atoms with Crippen molar-refractivity contribution in [3.05, 3.63) is 12.4 Å². The van der Waals surface area contributed by atoms with Crippen LogP contribution in [0.1, 0.15) is 12.8 Å². The monoisotopic (exact) mass is 371 g/mol. The zero-order valence-corrected chi connectivity index (χ0v) is 15.6. The van der Waals surface area contributed by atoms with Crippen LogP contribution >= 0.6 is 0 Å². The third-order valence-electron chi connectivity index (χ3n) is 5.18. The van der Waals surface area contributed by atoms with E-state index in [1.165, 1.54) is 29.0 Å². The van der Waals surface area contributed by atoms with Crippen molar-refractivity contribution in [3.8, 4) is 5.88 Å². The Bertz CT molecular complexity index is 728. The minimum Gasteiger partial charge on any atom is -0.481 e. The highest BCUT2D eigenvalue weighted by Gasteiger charge is 2.47. The molecule has 0 saturated carbocycles. The van der Waals surface area contributed by atoms with Crippen molar-refractivity contribution in [1.82, 2.24) is 18.6 Å². The van der Waals surface area contributed by atoms with Crippen molar-refractivity contribution in [1.29, 1.82) is 0 Å². The third kappa shape index (κ3) is 3.43. The number of nitrogens with zero attached hydrogens (tertiary/aromatic N) is 5.